The highest BCUT2D eigenvalue weighted by Gasteiger charge is 2.16. The Bertz CT molecular complexity index is 514. The summed E-state index contributed by atoms with van der Waals surface area (Å²) in [5, 5.41) is 3.28. The second-order valence-electron chi connectivity index (χ2n) is 4.34. The molecule has 20 heavy (non-hydrogen) atoms. The lowest BCUT2D eigenvalue weighted by Crippen LogP contribution is -2.21. The molecule has 0 spiro atoms. The molecular formula is C15H17F2NO2. The van der Waals surface area contributed by atoms with Gasteiger partial charge >= 0.3 is 6.61 Å². The predicted molar refractivity (Wildman–Crippen MR) is 71.7 cm³/mol. The van der Waals surface area contributed by atoms with E-state index in [1.165, 1.54) is 0 Å². The van der Waals surface area contributed by atoms with Crippen molar-refractivity contribution in [2.24, 2.45) is 0 Å². The van der Waals surface area contributed by atoms with Crippen molar-refractivity contribution in [2.75, 3.05) is 0 Å². The van der Waals surface area contributed by atoms with E-state index in [1.54, 1.807) is 24.5 Å². The zero-order valence-corrected chi connectivity index (χ0v) is 11.2. The van der Waals surface area contributed by atoms with Gasteiger partial charge in [-0.3, -0.25) is 0 Å². The van der Waals surface area contributed by atoms with Crippen LogP contribution in [0.15, 0.2) is 47.1 Å². The second kappa shape index (κ2) is 7.05. The lowest BCUT2D eigenvalue weighted by Gasteiger charge is -2.20. The number of furan rings is 1. The molecular weight excluding hydrogens is 264 g/mol. The highest BCUT2D eigenvalue weighted by atomic mass is 19.3. The smallest absolute Gasteiger partial charge is 0.387 e. The SMILES string of the molecule is CCC(NCc1ccco1)c1ccccc1OC(F)F. The highest BCUT2D eigenvalue weighted by Crippen LogP contribution is 2.28. The largest absolute Gasteiger partial charge is 0.468 e. The Morgan fingerprint density at radius 1 is 1.20 bits per heavy atom. The van der Waals surface area contributed by atoms with Gasteiger partial charge in [-0.2, -0.15) is 8.78 Å². The monoisotopic (exact) mass is 281 g/mol. The van der Waals surface area contributed by atoms with E-state index < -0.39 is 6.61 Å². The van der Waals surface area contributed by atoms with Crippen LogP contribution in [0.1, 0.15) is 30.7 Å². The van der Waals surface area contributed by atoms with Crippen LogP contribution in [0.25, 0.3) is 0 Å². The fraction of sp³-hybridized carbons (Fsp3) is 0.333. The summed E-state index contributed by atoms with van der Waals surface area (Å²) in [6.07, 6.45) is 2.36. The van der Waals surface area contributed by atoms with Crippen LogP contribution < -0.4 is 10.1 Å². The van der Waals surface area contributed by atoms with Gasteiger partial charge in [-0.25, -0.2) is 0 Å². The third kappa shape index (κ3) is 3.81. The van der Waals surface area contributed by atoms with E-state index in [0.29, 0.717) is 6.54 Å². The number of alkyl halides is 2. The van der Waals surface area contributed by atoms with Crippen molar-refractivity contribution in [1.82, 2.24) is 5.32 Å². The van der Waals surface area contributed by atoms with Crippen LogP contribution in [0.4, 0.5) is 8.78 Å². The Labute approximate surface area is 116 Å². The molecule has 0 amide bonds. The van der Waals surface area contributed by atoms with Gasteiger partial charge in [-0.05, 0) is 24.6 Å². The summed E-state index contributed by atoms with van der Waals surface area (Å²) < 4.78 is 34.7. The molecule has 5 heteroatoms. The van der Waals surface area contributed by atoms with E-state index in [9.17, 15) is 8.78 Å². The summed E-state index contributed by atoms with van der Waals surface area (Å²) in [7, 11) is 0. The Kier molecular flexibility index (Phi) is 5.12. The van der Waals surface area contributed by atoms with Crippen LogP contribution in [-0.4, -0.2) is 6.61 Å². The van der Waals surface area contributed by atoms with Crippen LogP contribution in [-0.2, 0) is 6.54 Å². The average Bonchev–Trinajstić information content (AvgIpc) is 2.94. The van der Waals surface area contributed by atoms with Crippen molar-refractivity contribution in [2.45, 2.75) is 32.5 Å². The number of hydrogen-bond acceptors (Lipinski definition) is 3. The van der Waals surface area contributed by atoms with Crippen molar-refractivity contribution in [3.8, 4) is 5.75 Å². The van der Waals surface area contributed by atoms with E-state index in [0.717, 1.165) is 17.7 Å². The van der Waals surface area contributed by atoms with Gasteiger partial charge in [0.15, 0.2) is 0 Å². The molecule has 108 valence electrons. The standard InChI is InChI=1S/C15H17F2NO2/c1-2-13(18-10-11-6-5-9-19-11)12-7-3-4-8-14(12)20-15(16)17/h3-9,13,15,18H,2,10H2,1H3. The first-order chi connectivity index (χ1) is 9.70. The number of hydrogen-bond donors (Lipinski definition) is 1. The summed E-state index contributed by atoms with van der Waals surface area (Å²) in [6.45, 7) is -0.299. The first-order valence-corrected chi connectivity index (χ1v) is 6.50. The van der Waals surface area contributed by atoms with E-state index in [2.05, 4.69) is 10.1 Å². The molecule has 0 aliphatic rings. The molecule has 1 unspecified atom stereocenters. The fourth-order valence-electron chi connectivity index (χ4n) is 2.08. The maximum atomic E-state index is 12.4. The number of ether oxygens (including phenoxy) is 1. The van der Waals surface area contributed by atoms with Crippen molar-refractivity contribution < 1.29 is 17.9 Å². The normalized spacial score (nSPS) is 12.6. The van der Waals surface area contributed by atoms with E-state index >= 15 is 0 Å². The third-order valence-corrected chi connectivity index (χ3v) is 3.02. The molecule has 1 heterocycles. The van der Waals surface area contributed by atoms with Crippen molar-refractivity contribution >= 4 is 0 Å². The van der Waals surface area contributed by atoms with Gasteiger partial charge in [0.2, 0.25) is 0 Å². The number of benzene rings is 1. The van der Waals surface area contributed by atoms with E-state index in [4.69, 9.17) is 4.42 Å². The molecule has 2 rings (SSSR count). The maximum Gasteiger partial charge on any atom is 0.387 e. The van der Waals surface area contributed by atoms with Gasteiger partial charge in [0.25, 0.3) is 0 Å². The first kappa shape index (κ1) is 14.5. The lowest BCUT2D eigenvalue weighted by atomic mass is 10.0. The number of halogens is 2. The Morgan fingerprint density at radius 3 is 2.65 bits per heavy atom. The molecule has 0 aliphatic carbocycles. The number of nitrogens with one attached hydrogen (secondary N) is 1. The van der Waals surface area contributed by atoms with Gasteiger partial charge in [-0.1, -0.05) is 25.1 Å². The first-order valence-electron chi connectivity index (χ1n) is 6.50. The second-order valence-corrected chi connectivity index (χ2v) is 4.34. The average molecular weight is 281 g/mol. The van der Waals surface area contributed by atoms with Crippen LogP contribution in [0.2, 0.25) is 0 Å². The molecule has 1 aromatic carbocycles. The minimum Gasteiger partial charge on any atom is -0.468 e. The molecule has 1 atom stereocenters. The number of rotatable bonds is 7. The molecule has 1 aromatic heterocycles. The van der Waals surface area contributed by atoms with Crippen molar-refractivity contribution in [3.63, 3.8) is 0 Å². The van der Waals surface area contributed by atoms with E-state index in [-0.39, 0.29) is 11.8 Å². The maximum absolute atomic E-state index is 12.4. The molecule has 0 fully saturated rings. The summed E-state index contributed by atoms with van der Waals surface area (Å²) >= 11 is 0. The van der Waals surface area contributed by atoms with Crippen LogP contribution >= 0.6 is 0 Å². The fourth-order valence-corrected chi connectivity index (χ4v) is 2.08. The van der Waals surface area contributed by atoms with Crippen LogP contribution in [0.3, 0.4) is 0 Å². The molecule has 3 nitrogen and oxygen atoms in total. The minimum atomic E-state index is -2.82. The van der Waals surface area contributed by atoms with Crippen LogP contribution in [0, 0.1) is 0 Å². The topological polar surface area (TPSA) is 34.4 Å². The van der Waals surface area contributed by atoms with Gasteiger partial charge < -0.3 is 14.5 Å². The Hall–Kier alpha value is -1.88. The van der Waals surface area contributed by atoms with Gasteiger partial charge in [0.1, 0.15) is 11.5 Å². The molecule has 0 saturated heterocycles. The molecule has 0 radical (unpaired) electrons. The molecule has 0 bridgehead atoms. The summed E-state index contributed by atoms with van der Waals surface area (Å²) in [5.41, 5.74) is 0.724. The zero-order valence-electron chi connectivity index (χ0n) is 11.2. The van der Waals surface area contributed by atoms with Gasteiger partial charge in [-0.15, -0.1) is 0 Å². The number of para-hydroxylation sites is 1. The Balaban J connectivity index is 2.10. The predicted octanol–water partition coefficient (Wildman–Crippen LogP) is 4.12. The molecule has 2 aromatic rings. The van der Waals surface area contributed by atoms with Crippen molar-refractivity contribution in [1.29, 1.82) is 0 Å². The third-order valence-electron chi connectivity index (χ3n) is 3.02. The Morgan fingerprint density at radius 2 is 2.00 bits per heavy atom. The minimum absolute atomic E-state index is 0.0740. The quantitative estimate of drug-likeness (QED) is 0.829. The van der Waals surface area contributed by atoms with E-state index in [1.807, 2.05) is 25.1 Å². The highest BCUT2D eigenvalue weighted by molar-refractivity contribution is 5.36. The summed E-state index contributed by atoms with van der Waals surface area (Å²) in [5.74, 6) is 1.01. The van der Waals surface area contributed by atoms with Gasteiger partial charge in [0.05, 0.1) is 12.8 Å². The molecule has 0 saturated carbocycles. The lowest BCUT2D eigenvalue weighted by molar-refractivity contribution is -0.0507. The molecule has 1 N–H and O–H groups in total. The summed E-state index contributed by atoms with van der Waals surface area (Å²) in [4.78, 5) is 0. The van der Waals surface area contributed by atoms with Crippen molar-refractivity contribution in [3.05, 3.63) is 54.0 Å². The zero-order chi connectivity index (χ0) is 14.4. The molecule has 0 aliphatic heterocycles. The summed E-state index contributed by atoms with van der Waals surface area (Å²) in [6, 6.07) is 10.4. The van der Waals surface area contributed by atoms with Crippen LogP contribution in [0.5, 0.6) is 5.75 Å². The van der Waals surface area contributed by atoms with Gasteiger partial charge in [0, 0.05) is 11.6 Å².